The number of anilines is 2. The Balaban J connectivity index is 1.17. The van der Waals surface area contributed by atoms with Crippen LogP contribution in [0.2, 0.25) is 20.1 Å². The van der Waals surface area contributed by atoms with Crippen molar-refractivity contribution < 1.29 is 19.8 Å². The topological polar surface area (TPSA) is 148 Å². The lowest BCUT2D eigenvalue weighted by molar-refractivity contribution is 0.101. The molecular weight excluding hydrogens is 794 g/mol. The van der Waals surface area contributed by atoms with Crippen molar-refractivity contribution in [2.45, 2.75) is 13.8 Å². The van der Waals surface area contributed by atoms with Gasteiger partial charge in [0.05, 0.1) is 31.2 Å². The molecule has 7 aromatic carbocycles. The van der Waals surface area contributed by atoms with Gasteiger partial charge in [0.2, 0.25) is 0 Å². The Hall–Kier alpha value is -6.04. The van der Waals surface area contributed by atoms with Gasteiger partial charge in [-0.25, -0.2) is 0 Å². The SMILES string of the molecule is Cc1c(NC(=O)c2cc3ccccc3c(N=Nc3c(Cl)cccc3Cl)c2O)ccc(NC(=O)c2cc3ccccc3c(N=Nc3c(Cl)cccc3Cl)c2O)c1C. The monoisotopic (exact) mass is 820 g/mol. The zero-order valence-electron chi connectivity index (χ0n) is 29.4. The summed E-state index contributed by atoms with van der Waals surface area (Å²) in [6, 6.07) is 30.4. The van der Waals surface area contributed by atoms with Crippen LogP contribution in [0.5, 0.6) is 11.5 Å². The van der Waals surface area contributed by atoms with Gasteiger partial charge in [-0.05, 0) is 84.3 Å². The third-order valence-electron chi connectivity index (χ3n) is 9.14. The Bertz CT molecular complexity index is 2580. The first-order valence-electron chi connectivity index (χ1n) is 16.9. The van der Waals surface area contributed by atoms with Gasteiger partial charge in [-0.3, -0.25) is 9.59 Å². The predicted octanol–water partition coefficient (Wildman–Crippen LogP) is 14.0. The first-order valence-corrected chi connectivity index (χ1v) is 18.4. The maximum atomic E-state index is 13.8. The molecule has 0 aliphatic heterocycles. The Morgan fingerprint density at radius 2 is 0.821 bits per heavy atom. The molecule has 0 saturated heterocycles. The van der Waals surface area contributed by atoms with E-state index < -0.39 is 23.3 Å². The number of fused-ring (bicyclic) bond motifs is 2. The van der Waals surface area contributed by atoms with Crippen LogP contribution in [0.25, 0.3) is 21.5 Å². The van der Waals surface area contributed by atoms with Crippen molar-refractivity contribution in [2.75, 3.05) is 10.6 Å². The lowest BCUT2D eigenvalue weighted by Gasteiger charge is -2.17. The number of nitrogens with one attached hydrogen (secondary N) is 2. The summed E-state index contributed by atoms with van der Waals surface area (Å²) in [5, 5.41) is 48.9. The van der Waals surface area contributed by atoms with Gasteiger partial charge in [0.15, 0.2) is 11.5 Å². The number of phenols is 2. The number of rotatable bonds is 8. The van der Waals surface area contributed by atoms with Gasteiger partial charge in [0, 0.05) is 22.1 Å². The molecule has 0 unspecified atom stereocenters. The molecule has 2 amide bonds. The number of halogens is 4. The average Bonchev–Trinajstić information content (AvgIpc) is 3.18. The van der Waals surface area contributed by atoms with Crippen molar-refractivity contribution in [3.05, 3.63) is 152 Å². The van der Waals surface area contributed by atoms with E-state index in [1.807, 2.05) is 0 Å². The van der Waals surface area contributed by atoms with Crippen LogP contribution in [0.1, 0.15) is 31.8 Å². The predicted molar refractivity (Wildman–Crippen MR) is 224 cm³/mol. The molecule has 10 nitrogen and oxygen atoms in total. The van der Waals surface area contributed by atoms with Crippen LogP contribution < -0.4 is 10.6 Å². The van der Waals surface area contributed by atoms with Gasteiger partial charge in [-0.15, -0.1) is 20.5 Å². The summed E-state index contributed by atoms with van der Waals surface area (Å²) < 4.78 is 0. The van der Waals surface area contributed by atoms with Crippen molar-refractivity contribution in [2.24, 2.45) is 20.5 Å². The van der Waals surface area contributed by atoms with Crippen LogP contribution in [0.15, 0.2) is 130 Å². The number of carbonyl (C=O) groups is 2. The smallest absolute Gasteiger partial charge is 0.259 e. The quantitative estimate of drug-likeness (QED) is 0.113. The lowest BCUT2D eigenvalue weighted by Crippen LogP contribution is -2.16. The van der Waals surface area contributed by atoms with Crippen LogP contribution in [0, 0.1) is 13.8 Å². The zero-order valence-corrected chi connectivity index (χ0v) is 32.4. The molecule has 56 heavy (non-hydrogen) atoms. The highest BCUT2D eigenvalue weighted by Crippen LogP contribution is 2.43. The molecule has 0 aromatic heterocycles. The maximum absolute atomic E-state index is 13.8. The molecule has 278 valence electrons. The van der Waals surface area contributed by atoms with E-state index in [1.54, 1.807) is 123 Å². The van der Waals surface area contributed by atoms with Gasteiger partial charge in [0.1, 0.15) is 22.7 Å². The fraction of sp³-hybridized carbons (Fsp3) is 0.0476. The van der Waals surface area contributed by atoms with E-state index in [1.165, 1.54) is 0 Å². The second-order valence-electron chi connectivity index (χ2n) is 12.5. The van der Waals surface area contributed by atoms with E-state index in [0.717, 1.165) is 0 Å². The fourth-order valence-electron chi connectivity index (χ4n) is 6.02. The first kappa shape index (κ1) is 38.2. The zero-order chi connectivity index (χ0) is 39.7. The third-order valence-corrected chi connectivity index (χ3v) is 10.4. The molecule has 7 rings (SSSR count). The molecule has 14 heteroatoms. The second kappa shape index (κ2) is 16.0. The van der Waals surface area contributed by atoms with E-state index in [0.29, 0.717) is 44.0 Å². The van der Waals surface area contributed by atoms with Crippen molar-refractivity contribution in [1.82, 2.24) is 0 Å². The van der Waals surface area contributed by atoms with Crippen LogP contribution in [0.3, 0.4) is 0 Å². The van der Waals surface area contributed by atoms with Crippen LogP contribution in [-0.2, 0) is 0 Å². The number of nitrogens with zero attached hydrogens (tertiary/aromatic N) is 4. The van der Waals surface area contributed by atoms with E-state index in [9.17, 15) is 19.8 Å². The molecule has 0 radical (unpaired) electrons. The summed E-state index contributed by atoms with van der Waals surface area (Å²) in [7, 11) is 0. The largest absolute Gasteiger partial charge is 0.505 e. The standard InChI is InChI=1S/C42H28Cl4N6O4/c1-21-22(2)34(48-42(56)28-20-24-10-4-6-12-26(24)36(40(28)54)50-52-38-31(45)15-8-16-32(38)46)18-17-33(21)47-41(55)27-19-23-9-3-5-11-25(23)35(39(27)53)49-51-37-29(43)13-7-14-30(37)44/h3-20,53-54H,1-2H3,(H,47,55)(H,48,56). The number of hydrogen-bond donors (Lipinski definition) is 4. The van der Waals surface area contributed by atoms with Crippen LogP contribution >= 0.6 is 46.4 Å². The van der Waals surface area contributed by atoms with Gasteiger partial charge in [0.25, 0.3) is 11.8 Å². The van der Waals surface area contributed by atoms with Crippen molar-refractivity contribution in [1.29, 1.82) is 0 Å². The van der Waals surface area contributed by atoms with Crippen LogP contribution in [0.4, 0.5) is 34.1 Å². The first-order chi connectivity index (χ1) is 26.9. The van der Waals surface area contributed by atoms with Gasteiger partial charge >= 0.3 is 0 Å². The maximum Gasteiger partial charge on any atom is 0.259 e. The molecule has 0 bridgehead atoms. The number of phenolic OH excluding ortho intramolecular Hbond substituents is 2. The summed E-state index contributed by atoms with van der Waals surface area (Å²) in [6.45, 7) is 3.55. The number of azo groups is 2. The Morgan fingerprint density at radius 1 is 0.482 bits per heavy atom. The van der Waals surface area contributed by atoms with Crippen molar-refractivity contribution >= 4 is 114 Å². The summed E-state index contributed by atoms with van der Waals surface area (Å²) in [4.78, 5) is 27.5. The molecule has 0 atom stereocenters. The fourth-order valence-corrected chi connectivity index (χ4v) is 6.97. The number of benzene rings is 7. The Kier molecular flexibility index (Phi) is 10.9. The number of amides is 2. The number of aromatic hydroxyl groups is 2. The highest BCUT2D eigenvalue weighted by Gasteiger charge is 2.22. The minimum Gasteiger partial charge on any atom is -0.505 e. The summed E-state index contributed by atoms with van der Waals surface area (Å²) >= 11 is 25.1. The number of carbonyl (C=O) groups excluding carboxylic acids is 2. The molecule has 0 heterocycles. The molecule has 0 saturated carbocycles. The average molecular weight is 823 g/mol. The normalized spacial score (nSPS) is 11.5. The van der Waals surface area contributed by atoms with Gasteiger partial charge in [-0.2, -0.15) is 0 Å². The van der Waals surface area contributed by atoms with E-state index in [2.05, 4.69) is 31.1 Å². The summed E-state index contributed by atoms with van der Waals surface area (Å²) in [5.74, 6) is -2.01. The van der Waals surface area contributed by atoms with Gasteiger partial charge in [-0.1, -0.05) is 107 Å². The molecule has 0 aliphatic carbocycles. The molecule has 0 aliphatic rings. The second-order valence-corrected chi connectivity index (χ2v) is 14.2. The van der Waals surface area contributed by atoms with E-state index in [4.69, 9.17) is 46.4 Å². The Labute approximate surface area is 340 Å². The van der Waals surface area contributed by atoms with Crippen molar-refractivity contribution in [3.63, 3.8) is 0 Å². The highest BCUT2D eigenvalue weighted by molar-refractivity contribution is 6.39. The van der Waals surface area contributed by atoms with Gasteiger partial charge < -0.3 is 20.8 Å². The lowest BCUT2D eigenvalue weighted by atomic mass is 10.0. The molecule has 0 fully saturated rings. The number of hydrogen-bond acceptors (Lipinski definition) is 8. The van der Waals surface area contributed by atoms with Crippen LogP contribution in [-0.4, -0.2) is 22.0 Å². The molecule has 4 N–H and O–H groups in total. The molecule has 7 aromatic rings. The van der Waals surface area contributed by atoms with E-state index >= 15 is 0 Å². The van der Waals surface area contributed by atoms with Crippen molar-refractivity contribution in [3.8, 4) is 11.5 Å². The Morgan fingerprint density at radius 3 is 1.20 bits per heavy atom. The minimum absolute atomic E-state index is 0.0473. The highest BCUT2D eigenvalue weighted by atomic mass is 35.5. The van der Waals surface area contributed by atoms with E-state index in [-0.39, 0.29) is 54.0 Å². The third kappa shape index (κ3) is 7.47. The minimum atomic E-state index is -0.611. The summed E-state index contributed by atoms with van der Waals surface area (Å²) in [5.41, 5.74) is 2.59. The molecular formula is C42H28Cl4N6O4. The summed E-state index contributed by atoms with van der Waals surface area (Å²) in [6.07, 6.45) is 0. The molecule has 0 spiro atoms.